The number of hydrogen-bond acceptors (Lipinski definition) is 9. The van der Waals surface area contributed by atoms with Gasteiger partial charge >= 0.3 is 0 Å². The molecule has 0 radical (unpaired) electrons. The molecule has 2 amide bonds. The van der Waals surface area contributed by atoms with Crippen LogP contribution >= 0.6 is 0 Å². The molecule has 1 heterocycles. The molecule has 0 saturated carbocycles. The molecule has 3 atom stereocenters. The van der Waals surface area contributed by atoms with Crippen molar-refractivity contribution in [2.24, 2.45) is 0 Å². The largest absolute Gasteiger partial charge is 0.595 e. The van der Waals surface area contributed by atoms with E-state index in [0.29, 0.717) is 28.3 Å². The molecule has 3 aromatic carbocycles. The van der Waals surface area contributed by atoms with Crippen molar-refractivity contribution in [2.75, 3.05) is 10.6 Å². The molecule has 0 spiro atoms. The van der Waals surface area contributed by atoms with Gasteiger partial charge in [-0.3, -0.25) is 9.59 Å². The van der Waals surface area contributed by atoms with Crippen LogP contribution in [0.25, 0.3) is 0 Å². The van der Waals surface area contributed by atoms with Crippen molar-refractivity contribution in [3.8, 4) is 0 Å². The molecule has 0 aliphatic carbocycles. The molecule has 41 heavy (non-hydrogen) atoms. The molecule has 14 heteroatoms. The zero-order valence-corrected chi connectivity index (χ0v) is 21.9. The number of benzene rings is 3. The minimum atomic E-state index is -1.18. The second kappa shape index (κ2) is 12.4. The van der Waals surface area contributed by atoms with Gasteiger partial charge in [0.2, 0.25) is 0 Å². The highest BCUT2D eigenvalue weighted by molar-refractivity contribution is 6.12. The predicted molar refractivity (Wildman–Crippen MR) is 145 cm³/mol. The fourth-order valence-electron chi connectivity index (χ4n) is 4.57. The van der Waals surface area contributed by atoms with Crippen LogP contribution in [0.15, 0.2) is 95.3 Å². The number of quaternary nitrogens is 3. The maximum atomic E-state index is 13.7. The van der Waals surface area contributed by atoms with Crippen LogP contribution in [0.5, 0.6) is 0 Å². The molecule has 0 fully saturated rings. The highest BCUT2D eigenvalue weighted by atomic mass is 16.8. The first-order valence-corrected chi connectivity index (χ1v) is 12.3. The molecule has 0 aromatic heterocycles. The van der Waals surface area contributed by atoms with Crippen molar-refractivity contribution in [1.82, 2.24) is 5.32 Å². The third kappa shape index (κ3) is 6.64. The van der Waals surface area contributed by atoms with Crippen LogP contribution in [0.2, 0.25) is 0 Å². The van der Waals surface area contributed by atoms with Gasteiger partial charge in [-0.2, -0.15) is 15.7 Å². The maximum Gasteiger partial charge on any atom is 0.254 e. The fraction of sp³-hybridized carbons (Fsp3) is 0.111. The Morgan fingerprint density at radius 1 is 0.683 bits per heavy atom. The first-order valence-electron chi connectivity index (χ1n) is 12.3. The Morgan fingerprint density at radius 3 is 1.49 bits per heavy atom. The number of amides is 2. The van der Waals surface area contributed by atoms with E-state index >= 15 is 0 Å². The Bertz CT molecular complexity index is 1410. The van der Waals surface area contributed by atoms with Gasteiger partial charge in [0.25, 0.3) is 11.8 Å². The summed E-state index contributed by atoms with van der Waals surface area (Å²) in [5.74, 6) is -2.17. The van der Waals surface area contributed by atoms with Crippen molar-refractivity contribution >= 4 is 40.3 Å². The Labute approximate surface area is 233 Å². The summed E-state index contributed by atoms with van der Waals surface area (Å²) in [6, 6.07) is 17.0. The Kier molecular flexibility index (Phi) is 8.89. The molecule has 0 saturated heterocycles. The number of carbonyl (C=O) groups is 2. The lowest BCUT2D eigenvalue weighted by Gasteiger charge is -2.31. The van der Waals surface area contributed by atoms with Crippen molar-refractivity contribution < 1.29 is 40.9 Å². The molecule has 0 bridgehead atoms. The van der Waals surface area contributed by atoms with Crippen molar-refractivity contribution in [2.45, 2.75) is 19.8 Å². The van der Waals surface area contributed by atoms with Gasteiger partial charge in [-0.1, -0.05) is 12.1 Å². The van der Waals surface area contributed by atoms with Crippen LogP contribution in [0, 0.1) is 15.6 Å². The highest BCUT2D eigenvalue weighted by Gasteiger charge is 2.37. The van der Waals surface area contributed by atoms with Gasteiger partial charge in [0.1, 0.15) is 0 Å². The van der Waals surface area contributed by atoms with Crippen LogP contribution in [0.4, 0.5) is 28.4 Å². The number of hydrogen-bond donors (Lipinski definition) is 9. The number of dihydropyridines is 1. The van der Waals surface area contributed by atoms with E-state index in [1.807, 2.05) is 0 Å². The number of carbonyl (C=O) groups excluding carboxylic acids is 2. The second-order valence-electron chi connectivity index (χ2n) is 9.24. The normalized spacial score (nSPS) is 17.4. The van der Waals surface area contributed by atoms with Gasteiger partial charge in [-0.25, -0.2) is 15.6 Å². The van der Waals surface area contributed by atoms with Crippen molar-refractivity contribution in [1.29, 1.82) is 0 Å². The van der Waals surface area contributed by atoms with E-state index in [2.05, 4.69) is 16.0 Å². The molecular formula is C27H28N6O8. The van der Waals surface area contributed by atoms with Crippen LogP contribution in [0.3, 0.4) is 0 Å². The first-order chi connectivity index (χ1) is 19.5. The zero-order valence-electron chi connectivity index (χ0n) is 21.9. The molecule has 3 aromatic rings. The predicted octanol–water partition coefficient (Wildman–Crippen LogP) is 0.409. The summed E-state index contributed by atoms with van der Waals surface area (Å²) in [5.41, 5.74) is 2.18. The zero-order chi connectivity index (χ0) is 29.8. The molecule has 1 aliphatic heterocycles. The monoisotopic (exact) mass is 564 g/mol. The van der Waals surface area contributed by atoms with Crippen LogP contribution in [-0.2, 0) is 9.59 Å². The summed E-state index contributed by atoms with van der Waals surface area (Å²) in [4.78, 5) is 27.4. The van der Waals surface area contributed by atoms with E-state index in [0.717, 1.165) is 0 Å². The van der Waals surface area contributed by atoms with Crippen LogP contribution in [-0.4, -0.2) is 27.4 Å². The summed E-state index contributed by atoms with van der Waals surface area (Å²) >= 11 is 0. The van der Waals surface area contributed by atoms with Gasteiger partial charge in [-0.15, -0.1) is 0 Å². The van der Waals surface area contributed by atoms with E-state index in [1.165, 1.54) is 66.7 Å². The molecule has 4 rings (SSSR count). The Balaban J connectivity index is 1.74. The fourth-order valence-corrected chi connectivity index (χ4v) is 4.57. The SMILES string of the molecule is CC1=C(C(=O)Nc2ccc([NH+]([O-])O)cc2)C(c2cccc([NH+]([O-])O)c2)C(C(=O)Nc2ccc([NH+]([O-])O)cc2)=C(C)N1. The molecule has 14 nitrogen and oxygen atoms in total. The van der Waals surface area contributed by atoms with E-state index in [4.69, 9.17) is 10.4 Å². The lowest BCUT2D eigenvalue weighted by molar-refractivity contribution is -0.991. The summed E-state index contributed by atoms with van der Waals surface area (Å²) < 4.78 is 0. The Hall–Kier alpha value is -4.48. The molecule has 9 N–H and O–H groups in total. The van der Waals surface area contributed by atoms with E-state index in [-0.39, 0.29) is 28.2 Å². The standard InChI is InChI=1S/C27H28N6O8/c1-15-23(26(34)29-18-6-10-20(11-7-18)31(36)37)25(17-4-3-5-22(14-17)33(40)41)24(16(2)28-15)27(35)30-19-8-12-21(13-9-19)32(38)39/h3-14,25,28,31-33,36,38,40H,1-2H3,(H,29,34)(H,30,35). The highest BCUT2D eigenvalue weighted by Crippen LogP contribution is 2.39. The summed E-state index contributed by atoms with van der Waals surface area (Å²) in [5, 5.41) is 67.1. The Morgan fingerprint density at radius 2 is 1.10 bits per heavy atom. The van der Waals surface area contributed by atoms with E-state index in [1.54, 1.807) is 19.9 Å². The minimum Gasteiger partial charge on any atom is -0.595 e. The maximum absolute atomic E-state index is 13.7. The molecule has 214 valence electrons. The van der Waals surface area contributed by atoms with Crippen LogP contribution < -0.4 is 31.6 Å². The average Bonchev–Trinajstić information content (AvgIpc) is 2.93. The number of rotatable bonds is 8. The third-order valence-electron chi connectivity index (χ3n) is 6.50. The van der Waals surface area contributed by atoms with Gasteiger partial charge < -0.3 is 31.6 Å². The van der Waals surface area contributed by atoms with Gasteiger partial charge in [-0.05, 0) is 43.7 Å². The van der Waals surface area contributed by atoms with Gasteiger partial charge in [0.15, 0.2) is 17.1 Å². The topological polar surface area (TPSA) is 213 Å². The minimum absolute atomic E-state index is 0.0370. The van der Waals surface area contributed by atoms with Crippen molar-refractivity contribution in [3.05, 3.63) is 117 Å². The van der Waals surface area contributed by atoms with Crippen molar-refractivity contribution in [3.63, 3.8) is 0 Å². The van der Waals surface area contributed by atoms with Gasteiger partial charge in [0.05, 0.1) is 0 Å². The number of nitrogens with one attached hydrogen (secondary N) is 6. The smallest absolute Gasteiger partial charge is 0.254 e. The third-order valence-corrected chi connectivity index (χ3v) is 6.50. The van der Waals surface area contributed by atoms with E-state index in [9.17, 15) is 30.4 Å². The summed E-state index contributed by atoms with van der Waals surface area (Å²) in [7, 11) is 0. The van der Waals surface area contributed by atoms with Gasteiger partial charge in [0, 0.05) is 76.2 Å². The lowest BCUT2D eigenvalue weighted by Crippen LogP contribution is -2.99. The quantitative estimate of drug-likeness (QED) is 0.173. The van der Waals surface area contributed by atoms with Crippen LogP contribution in [0.1, 0.15) is 25.3 Å². The summed E-state index contributed by atoms with van der Waals surface area (Å²) in [6.07, 6.45) is 0. The molecular weight excluding hydrogens is 536 g/mol. The lowest BCUT2D eigenvalue weighted by atomic mass is 9.79. The summed E-state index contributed by atoms with van der Waals surface area (Å²) in [6.45, 7) is 3.30. The van der Waals surface area contributed by atoms with E-state index < -0.39 is 33.4 Å². The molecule has 1 aliphatic rings. The number of anilines is 2. The molecule has 3 unspecified atom stereocenters. The average molecular weight is 565 g/mol. The number of allylic oxidation sites excluding steroid dienone is 2. The second-order valence-corrected chi connectivity index (χ2v) is 9.24. The first kappa shape index (κ1) is 29.5.